The Morgan fingerprint density at radius 1 is 1.00 bits per heavy atom. The molecule has 0 atom stereocenters. The Morgan fingerprint density at radius 3 is 2.41 bits per heavy atom. The van der Waals surface area contributed by atoms with E-state index < -0.39 is 0 Å². The van der Waals surface area contributed by atoms with Gasteiger partial charge in [0.15, 0.2) is 5.78 Å². The molecule has 1 N–H and O–H groups in total. The first kappa shape index (κ1) is 10.4. The Hall–Kier alpha value is -1.80. The molecule has 0 amide bonds. The molecular formula is C14H10ClNO. The number of hydrogen-bond acceptors (Lipinski definition) is 2. The van der Waals surface area contributed by atoms with E-state index in [9.17, 15) is 4.79 Å². The minimum atomic E-state index is 0.0439. The molecule has 2 aromatic carbocycles. The second-order valence-corrected chi connectivity index (χ2v) is 4.38. The number of carbonyl (C=O) groups excluding carboxylic acids is 1. The Bertz CT molecular complexity index is 634. The van der Waals surface area contributed by atoms with Gasteiger partial charge in [0.2, 0.25) is 0 Å². The molecule has 0 radical (unpaired) electrons. The quantitative estimate of drug-likeness (QED) is 0.708. The molecule has 3 heteroatoms. The summed E-state index contributed by atoms with van der Waals surface area (Å²) in [6.07, 6.45) is 0. The topological polar surface area (TPSA) is 29.1 Å². The zero-order chi connectivity index (χ0) is 12.0. The molecule has 0 saturated carbocycles. The fourth-order valence-electron chi connectivity index (χ4n) is 2.32. The fourth-order valence-corrected chi connectivity index (χ4v) is 2.58. The number of benzene rings is 2. The highest BCUT2D eigenvalue weighted by molar-refractivity contribution is 6.37. The smallest absolute Gasteiger partial charge is 0.196 e. The highest BCUT2D eigenvalue weighted by Crippen LogP contribution is 2.44. The second-order valence-electron chi connectivity index (χ2n) is 3.97. The lowest BCUT2D eigenvalue weighted by atomic mass is 10.0. The van der Waals surface area contributed by atoms with Gasteiger partial charge in [-0.05, 0) is 17.7 Å². The minimum absolute atomic E-state index is 0.0439. The lowest BCUT2D eigenvalue weighted by molar-refractivity contribution is 0.104. The van der Waals surface area contributed by atoms with Gasteiger partial charge in [0, 0.05) is 28.9 Å². The molecule has 1 aliphatic rings. The summed E-state index contributed by atoms with van der Waals surface area (Å²) in [7, 11) is 1.81. The number of nitrogens with one attached hydrogen (secondary N) is 1. The van der Waals surface area contributed by atoms with E-state index in [1.807, 2.05) is 36.4 Å². The van der Waals surface area contributed by atoms with E-state index in [-0.39, 0.29) is 5.78 Å². The fraction of sp³-hybridized carbons (Fsp3) is 0.0714. The van der Waals surface area contributed by atoms with E-state index in [0.717, 1.165) is 22.4 Å². The van der Waals surface area contributed by atoms with Gasteiger partial charge in [0.25, 0.3) is 0 Å². The normalized spacial score (nSPS) is 12.2. The molecule has 0 fully saturated rings. The van der Waals surface area contributed by atoms with Crippen LogP contribution in [0.15, 0.2) is 36.4 Å². The summed E-state index contributed by atoms with van der Waals surface area (Å²) in [5.74, 6) is 0.0439. The van der Waals surface area contributed by atoms with E-state index in [0.29, 0.717) is 10.6 Å². The molecule has 1 aliphatic carbocycles. The molecular weight excluding hydrogens is 234 g/mol. The summed E-state index contributed by atoms with van der Waals surface area (Å²) >= 11 is 6.21. The first-order valence-corrected chi connectivity index (χ1v) is 5.76. The predicted octanol–water partition coefficient (Wildman–Crippen LogP) is 3.59. The molecule has 0 bridgehead atoms. The van der Waals surface area contributed by atoms with Gasteiger partial charge in [-0.15, -0.1) is 0 Å². The van der Waals surface area contributed by atoms with Crippen molar-refractivity contribution in [1.29, 1.82) is 0 Å². The SMILES string of the molecule is CNc1ccc(Cl)c2c1C(=O)c1ccccc1-2. The molecule has 2 aromatic rings. The summed E-state index contributed by atoms with van der Waals surface area (Å²) in [5.41, 5.74) is 4.01. The van der Waals surface area contributed by atoms with Crippen LogP contribution in [0.25, 0.3) is 11.1 Å². The molecule has 84 valence electrons. The van der Waals surface area contributed by atoms with Gasteiger partial charge in [-0.1, -0.05) is 35.9 Å². The summed E-state index contributed by atoms with van der Waals surface area (Å²) in [4.78, 5) is 12.3. The van der Waals surface area contributed by atoms with E-state index in [4.69, 9.17) is 11.6 Å². The summed E-state index contributed by atoms with van der Waals surface area (Å²) < 4.78 is 0. The van der Waals surface area contributed by atoms with Crippen molar-refractivity contribution in [2.24, 2.45) is 0 Å². The number of hydrogen-bond donors (Lipinski definition) is 1. The van der Waals surface area contributed by atoms with Crippen molar-refractivity contribution in [2.45, 2.75) is 0 Å². The van der Waals surface area contributed by atoms with Crippen molar-refractivity contribution in [3.8, 4) is 11.1 Å². The number of halogens is 1. The maximum absolute atomic E-state index is 12.3. The van der Waals surface area contributed by atoms with Gasteiger partial charge in [-0.2, -0.15) is 0 Å². The summed E-state index contributed by atoms with van der Waals surface area (Å²) in [6, 6.07) is 11.2. The van der Waals surface area contributed by atoms with Crippen molar-refractivity contribution in [2.75, 3.05) is 12.4 Å². The van der Waals surface area contributed by atoms with E-state index in [1.54, 1.807) is 7.05 Å². The Balaban J connectivity index is 2.42. The van der Waals surface area contributed by atoms with Gasteiger partial charge < -0.3 is 5.32 Å². The van der Waals surface area contributed by atoms with Crippen molar-refractivity contribution in [3.63, 3.8) is 0 Å². The monoisotopic (exact) mass is 243 g/mol. The highest BCUT2D eigenvalue weighted by Gasteiger charge is 2.30. The van der Waals surface area contributed by atoms with Crippen molar-refractivity contribution < 1.29 is 4.79 Å². The molecule has 0 aromatic heterocycles. The molecule has 0 aliphatic heterocycles. The second kappa shape index (κ2) is 3.60. The van der Waals surface area contributed by atoms with Crippen LogP contribution in [0.2, 0.25) is 5.02 Å². The molecule has 0 spiro atoms. The van der Waals surface area contributed by atoms with E-state index in [2.05, 4.69) is 5.32 Å². The van der Waals surface area contributed by atoms with Gasteiger partial charge in [0.05, 0.1) is 5.56 Å². The standard InChI is InChI=1S/C14H10ClNO/c1-16-11-7-6-10(15)12-8-4-2-3-5-9(8)14(17)13(11)12/h2-7,16H,1H3. The lowest BCUT2D eigenvalue weighted by Gasteiger charge is -2.08. The van der Waals surface area contributed by atoms with Crippen molar-refractivity contribution in [3.05, 3.63) is 52.5 Å². The molecule has 0 unspecified atom stereocenters. The maximum Gasteiger partial charge on any atom is 0.196 e. The Kier molecular flexibility index (Phi) is 2.20. The third-order valence-corrected chi connectivity index (χ3v) is 3.41. The van der Waals surface area contributed by atoms with Crippen LogP contribution < -0.4 is 5.32 Å². The largest absolute Gasteiger partial charge is 0.388 e. The van der Waals surface area contributed by atoms with Crippen LogP contribution in [-0.2, 0) is 0 Å². The van der Waals surface area contributed by atoms with E-state index >= 15 is 0 Å². The number of anilines is 1. The van der Waals surface area contributed by atoms with Crippen LogP contribution in [0.5, 0.6) is 0 Å². The molecule has 0 heterocycles. The third-order valence-electron chi connectivity index (χ3n) is 3.09. The van der Waals surface area contributed by atoms with Crippen LogP contribution in [0, 0.1) is 0 Å². The Morgan fingerprint density at radius 2 is 1.71 bits per heavy atom. The maximum atomic E-state index is 12.3. The van der Waals surface area contributed by atoms with Crippen LogP contribution in [0.4, 0.5) is 5.69 Å². The average Bonchev–Trinajstić information content (AvgIpc) is 2.66. The zero-order valence-electron chi connectivity index (χ0n) is 9.25. The van der Waals surface area contributed by atoms with Gasteiger partial charge in [-0.25, -0.2) is 0 Å². The van der Waals surface area contributed by atoms with Crippen molar-refractivity contribution >= 4 is 23.1 Å². The average molecular weight is 244 g/mol. The summed E-state index contributed by atoms with van der Waals surface area (Å²) in [5, 5.41) is 3.66. The zero-order valence-corrected chi connectivity index (χ0v) is 10.0. The molecule has 2 nitrogen and oxygen atoms in total. The van der Waals surface area contributed by atoms with Crippen LogP contribution in [0.3, 0.4) is 0 Å². The minimum Gasteiger partial charge on any atom is -0.388 e. The summed E-state index contributed by atoms with van der Waals surface area (Å²) in [6.45, 7) is 0. The van der Waals surface area contributed by atoms with Gasteiger partial charge in [-0.3, -0.25) is 4.79 Å². The van der Waals surface area contributed by atoms with Crippen LogP contribution in [-0.4, -0.2) is 12.8 Å². The number of fused-ring (bicyclic) bond motifs is 3. The predicted molar refractivity (Wildman–Crippen MR) is 69.9 cm³/mol. The number of carbonyl (C=O) groups is 1. The molecule has 3 rings (SSSR count). The first-order valence-electron chi connectivity index (χ1n) is 5.38. The number of ketones is 1. The van der Waals surface area contributed by atoms with Crippen LogP contribution >= 0.6 is 11.6 Å². The Labute approximate surface area is 104 Å². The first-order chi connectivity index (χ1) is 8.24. The third kappa shape index (κ3) is 1.31. The van der Waals surface area contributed by atoms with Gasteiger partial charge >= 0.3 is 0 Å². The van der Waals surface area contributed by atoms with Crippen LogP contribution in [0.1, 0.15) is 15.9 Å². The van der Waals surface area contributed by atoms with Gasteiger partial charge in [0.1, 0.15) is 0 Å². The highest BCUT2D eigenvalue weighted by atomic mass is 35.5. The molecule has 17 heavy (non-hydrogen) atoms. The lowest BCUT2D eigenvalue weighted by Crippen LogP contribution is -2.01. The van der Waals surface area contributed by atoms with Crippen molar-refractivity contribution in [1.82, 2.24) is 0 Å². The van der Waals surface area contributed by atoms with E-state index in [1.165, 1.54) is 0 Å². The number of rotatable bonds is 1. The molecule has 0 saturated heterocycles.